The lowest BCUT2D eigenvalue weighted by atomic mass is 10.1. The Balaban J connectivity index is 1.80. The smallest absolute Gasteiger partial charge is 0.265 e. The summed E-state index contributed by atoms with van der Waals surface area (Å²) in [5.41, 5.74) is 7.01. The van der Waals surface area contributed by atoms with Gasteiger partial charge in [-0.15, -0.1) is 0 Å². The van der Waals surface area contributed by atoms with E-state index in [-0.39, 0.29) is 5.91 Å². The van der Waals surface area contributed by atoms with Crippen molar-refractivity contribution >= 4 is 35.3 Å². The first-order valence-electron chi connectivity index (χ1n) is 7.09. The Morgan fingerprint density at radius 1 is 1.45 bits per heavy atom. The molecule has 1 aliphatic heterocycles. The van der Waals surface area contributed by atoms with Gasteiger partial charge in [0.1, 0.15) is 10.7 Å². The van der Waals surface area contributed by atoms with Crippen molar-refractivity contribution in [2.45, 2.75) is 6.42 Å². The van der Waals surface area contributed by atoms with Gasteiger partial charge in [-0.05, 0) is 30.8 Å². The molecule has 116 valence electrons. The molecule has 5 nitrogen and oxygen atoms in total. The maximum atomic E-state index is 12.3. The molecule has 2 aromatic rings. The summed E-state index contributed by atoms with van der Waals surface area (Å²) in [6, 6.07) is 9.57. The molecule has 2 heterocycles. The van der Waals surface area contributed by atoms with Gasteiger partial charge in [0.25, 0.3) is 5.91 Å². The van der Waals surface area contributed by atoms with E-state index in [2.05, 4.69) is 5.32 Å². The van der Waals surface area contributed by atoms with Crippen molar-refractivity contribution in [1.29, 1.82) is 0 Å². The maximum absolute atomic E-state index is 12.3. The Morgan fingerprint density at radius 2 is 2.23 bits per heavy atom. The molecular weight excluding hydrogens is 318 g/mol. The number of nitrogens with two attached hydrogens (primary N) is 1. The molecule has 0 bridgehead atoms. The van der Waals surface area contributed by atoms with Crippen LogP contribution < -0.4 is 11.1 Å². The molecule has 3 N–H and O–H groups in total. The van der Waals surface area contributed by atoms with Gasteiger partial charge in [-0.25, -0.2) is 0 Å². The fourth-order valence-electron chi connectivity index (χ4n) is 2.43. The number of aromatic nitrogens is 1. The van der Waals surface area contributed by atoms with Crippen LogP contribution in [0.4, 0.5) is 5.82 Å². The number of benzene rings is 1. The van der Waals surface area contributed by atoms with Gasteiger partial charge in [0.15, 0.2) is 3.95 Å². The van der Waals surface area contributed by atoms with Crippen molar-refractivity contribution in [3.8, 4) is 5.69 Å². The number of anilines is 1. The molecule has 0 aliphatic carbocycles. The zero-order valence-corrected chi connectivity index (χ0v) is 13.6. The molecule has 7 heteroatoms. The Labute approximate surface area is 137 Å². The average Bonchev–Trinajstić information content (AvgIpc) is 3.14. The molecule has 1 aromatic carbocycles. The Morgan fingerprint density at radius 3 is 2.91 bits per heavy atom. The predicted molar refractivity (Wildman–Crippen MR) is 90.2 cm³/mol. The minimum absolute atomic E-state index is 0.171. The van der Waals surface area contributed by atoms with E-state index in [0.717, 1.165) is 18.7 Å². The molecule has 0 radical (unpaired) electrons. The lowest BCUT2D eigenvalue weighted by Gasteiger charge is -2.09. The predicted octanol–water partition coefficient (Wildman–Crippen LogP) is 2.62. The van der Waals surface area contributed by atoms with E-state index >= 15 is 0 Å². The number of rotatable bonds is 4. The van der Waals surface area contributed by atoms with Crippen molar-refractivity contribution < 1.29 is 9.53 Å². The monoisotopic (exact) mass is 335 g/mol. The average molecular weight is 335 g/mol. The van der Waals surface area contributed by atoms with E-state index in [1.54, 1.807) is 4.57 Å². The molecule has 1 aliphatic rings. The number of carbonyl (C=O) groups excluding carboxylic acids is 1. The SMILES string of the molecule is Nc1c(C(=O)NC[C@@H]2CCOC2)sc(=S)n1-c1ccccc1. The van der Waals surface area contributed by atoms with E-state index in [4.69, 9.17) is 22.7 Å². The number of nitrogens with zero attached hydrogens (tertiary/aromatic N) is 1. The summed E-state index contributed by atoms with van der Waals surface area (Å²) in [4.78, 5) is 12.8. The minimum Gasteiger partial charge on any atom is -0.383 e. The van der Waals surface area contributed by atoms with Crippen molar-refractivity contribution in [2.24, 2.45) is 5.92 Å². The topological polar surface area (TPSA) is 69.3 Å². The molecule has 3 rings (SSSR count). The number of nitrogens with one attached hydrogen (secondary N) is 1. The highest BCUT2D eigenvalue weighted by Gasteiger charge is 2.20. The maximum Gasteiger partial charge on any atom is 0.265 e. The van der Waals surface area contributed by atoms with Crippen LogP contribution in [0, 0.1) is 9.87 Å². The number of hydrogen-bond acceptors (Lipinski definition) is 5. The highest BCUT2D eigenvalue weighted by Crippen LogP contribution is 2.26. The highest BCUT2D eigenvalue weighted by atomic mass is 32.1. The largest absolute Gasteiger partial charge is 0.383 e. The normalized spacial score (nSPS) is 17.5. The zero-order valence-electron chi connectivity index (χ0n) is 12.0. The summed E-state index contributed by atoms with van der Waals surface area (Å²) in [5.74, 6) is 0.603. The summed E-state index contributed by atoms with van der Waals surface area (Å²) in [6.07, 6.45) is 0.983. The third kappa shape index (κ3) is 3.06. The van der Waals surface area contributed by atoms with Crippen molar-refractivity contribution in [3.63, 3.8) is 0 Å². The molecule has 0 saturated carbocycles. The summed E-state index contributed by atoms with van der Waals surface area (Å²) < 4.78 is 7.60. The van der Waals surface area contributed by atoms with Gasteiger partial charge in [-0.3, -0.25) is 9.36 Å². The van der Waals surface area contributed by atoms with Crippen LogP contribution in [0.3, 0.4) is 0 Å². The first-order valence-corrected chi connectivity index (χ1v) is 8.32. The summed E-state index contributed by atoms with van der Waals surface area (Å²) >= 11 is 6.59. The first-order chi connectivity index (χ1) is 10.7. The number of hydrogen-bond donors (Lipinski definition) is 2. The second-order valence-corrected chi connectivity index (χ2v) is 6.84. The van der Waals surface area contributed by atoms with Crippen LogP contribution in [0.1, 0.15) is 16.1 Å². The van der Waals surface area contributed by atoms with Crippen LogP contribution >= 0.6 is 23.6 Å². The molecule has 1 saturated heterocycles. The summed E-state index contributed by atoms with van der Waals surface area (Å²) in [7, 11) is 0. The molecular formula is C15H17N3O2S2. The number of ether oxygens (including phenoxy) is 1. The number of para-hydroxylation sites is 1. The summed E-state index contributed by atoms with van der Waals surface area (Å²) in [5, 5.41) is 2.93. The second-order valence-electron chi connectivity index (χ2n) is 5.19. The van der Waals surface area contributed by atoms with Crippen molar-refractivity contribution in [2.75, 3.05) is 25.5 Å². The van der Waals surface area contributed by atoms with Crippen molar-refractivity contribution in [1.82, 2.24) is 9.88 Å². The van der Waals surface area contributed by atoms with Gasteiger partial charge in [0.2, 0.25) is 0 Å². The third-order valence-electron chi connectivity index (χ3n) is 3.64. The molecule has 1 atom stereocenters. The standard InChI is InChI=1S/C15H17N3O2S2/c16-13-12(14(19)17-8-10-6-7-20-9-10)22-15(21)18(13)11-4-2-1-3-5-11/h1-5,10H,6-9,16H2,(H,17,19)/t10-/m0/s1. The molecule has 1 fully saturated rings. The van der Waals surface area contributed by atoms with E-state index in [0.29, 0.717) is 33.7 Å². The summed E-state index contributed by atoms with van der Waals surface area (Å²) in [6.45, 7) is 2.08. The zero-order chi connectivity index (χ0) is 15.5. The van der Waals surface area contributed by atoms with Gasteiger partial charge in [-0.2, -0.15) is 0 Å². The van der Waals surface area contributed by atoms with E-state index in [9.17, 15) is 4.79 Å². The fourth-order valence-corrected chi connectivity index (χ4v) is 3.72. The van der Waals surface area contributed by atoms with Gasteiger partial charge in [0.05, 0.1) is 6.61 Å². The van der Waals surface area contributed by atoms with Gasteiger partial charge in [-0.1, -0.05) is 29.5 Å². The van der Waals surface area contributed by atoms with Crippen LogP contribution in [0.5, 0.6) is 0 Å². The van der Waals surface area contributed by atoms with Crippen LogP contribution in [0.2, 0.25) is 0 Å². The van der Waals surface area contributed by atoms with E-state index in [1.807, 2.05) is 30.3 Å². The molecule has 1 amide bonds. The van der Waals surface area contributed by atoms with Crippen LogP contribution in [-0.4, -0.2) is 30.2 Å². The van der Waals surface area contributed by atoms with Gasteiger partial charge >= 0.3 is 0 Å². The quantitative estimate of drug-likeness (QED) is 0.843. The van der Waals surface area contributed by atoms with Crippen LogP contribution in [0.25, 0.3) is 5.69 Å². The Hall–Kier alpha value is -1.70. The van der Waals surface area contributed by atoms with E-state index < -0.39 is 0 Å². The van der Waals surface area contributed by atoms with Gasteiger partial charge < -0.3 is 15.8 Å². The Bertz CT molecular complexity index is 718. The Kier molecular flexibility index (Phi) is 4.56. The number of carbonyl (C=O) groups is 1. The van der Waals surface area contributed by atoms with Crippen LogP contribution in [0.15, 0.2) is 30.3 Å². The van der Waals surface area contributed by atoms with Gasteiger partial charge in [0, 0.05) is 24.8 Å². The lowest BCUT2D eigenvalue weighted by Crippen LogP contribution is -2.29. The second kappa shape index (κ2) is 6.60. The van der Waals surface area contributed by atoms with Crippen LogP contribution in [-0.2, 0) is 4.74 Å². The molecule has 22 heavy (non-hydrogen) atoms. The van der Waals surface area contributed by atoms with E-state index in [1.165, 1.54) is 11.3 Å². The number of thiazole rings is 1. The number of amides is 1. The highest BCUT2D eigenvalue weighted by molar-refractivity contribution is 7.73. The third-order valence-corrected chi connectivity index (χ3v) is 5.03. The lowest BCUT2D eigenvalue weighted by molar-refractivity contribution is 0.0949. The minimum atomic E-state index is -0.171. The number of nitrogen functional groups attached to an aromatic ring is 1. The fraction of sp³-hybridized carbons (Fsp3) is 0.333. The van der Waals surface area contributed by atoms with Crippen molar-refractivity contribution in [3.05, 3.63) is 39.2 Å². The molecule has 1 aromatic heterocycles. The first kappa shape index (κ1) is 15.2. The molecule has 0 unspecified atom stereocenters. The molecule has 0 spiro atoms.